The van der Waals surface area contributed by atoms with Gasteiger partial charge in [-0.05, 0) is 18.2 Å². The van der Waals surface area contributed by atoms with Gasteiger partial charge in [0.1, 0.15) is 6.54 Å². The molecule has 7 heteroatoms. The summed E-state index contributed by atoms with van der Waals surface area (Å²) in [4.78, 5) is 15.7. The molecule has 0 aliphatic rings. The van der Waals surface area contributed by atoms with Crippen molar-refractivity contribution < 1.29 is 13.6 Å². The van der Waals surface area contributed by atoms with Crippen molar-refractivity contribution in [2.24, 2.45) is 10.7 Å². The van der Waals surface area contributed by atoms with Crippen LogP contribution in [0.2, 0.25) is 0 Å². The third kappa shape index (κ3) is 6.07. The van der Waals surface area contributed by atoms with Crippen LogP contribution in [0.1, 0.15) is 5.56 Å². The number of para-hydroxylation sites is 2. The topological polar surface area (TPSA) is 93.5 Å². The zero-order valence-corrected chi connectivity index (χ0v) is 14.5. The fourth-order valence-corrected chi connectivity index (χ4v) is 2.14. The molecule has 0 aliphatic carbocycles. The smallest absolute Gasteiger partial charge is 0.292 e. The van der Waals surface area contributed by atoms with Gasteiger partial charge in [0.2, 0.25) is 5.91 Å². The van der Waals surface area contributed by atoms with Crippen LogP contribution in [0, 0.1) is 0 Å². The van der Waals surface area contributed by atoms with E-state index in [0.29, 0.717) is 16.9 Å². The fraction of sp³-hybridized carbons (Fsp3) is 0.100. The van der Waals surface area contributed by atoms with Crippen LogP contribution in [0.15, 0.2) is 83.5 Å². The number of carbonyl (C=O) groups is 1. The number of hydrogen-bond donors (Lipinski definition) is 3. The summed E-state index contributed by atoms with van der Waals surface area (Å²) in [5.74, 6) is -3.53. The highest BCUT2D eigenvalue weighted by molar-refractivity contribution is 6.02. The van der Waals surface area contributed by atoms with Crippen molar-refractivity contribution in [3.8, 4) is 0 Å². The van der Waals surface area contributed by atoms with E-state index in [-0.39, 0.29) is 5.56 Å². The standard InChI is InChI=1S/C20H20F2N4O/c21-20(22,16-6-2-1-3-7-16)14-25-13-15(12-23)10-11-19(27)26-18-9-5-4-8-17(18)24/h1-13H,14,23-24H2,(H,26,27)/b11-10+,15-12?,25-13?. The minimum absolute atomic E-state index is 0.115. The van der Waals surface area contributed by atoms with Crippen molar-refractivity contribution in [2.75, 3.05) is 17.6 Å². The number of aliphatic imine (C=N–C) groups is 1. The summed E-state index contributed by atoms with van der Waals surface area (Å²) in [5.41, 5.74) is 12.3. The Kier molecular flexibility index (Phi) is 6.82. The molecule has 5 nitrogen and oxygen atoms in total. The number of hydrogen-bond acceptors (Lipinski definition) is 4. The predicted octanol–water partition coefficient (Wildman–Crippen LogP) is 3.47. The van der Waals surface area contributed by atoms with Gasteiger partial charge in [-0.15, -0.1) is 0 Å². The summed E-state index contributed by atoms with van der Waals surface area (Å²) < 4.78 is 28.1. The summed E-state index contributed by atoms with van der Waals surface area (Å²) in [6.45, 7) is -0.727. The van der Waals surface area contributed by atoms with E-state index in [4.69, 9.17) is 11.5 Å². The monoisotopic (exact) mass is 370 g/mol. The Morgan fingerprint density at radius 3 is 2.41 bits per heavy atom. The van der Waals surface area contributed by atoms with Gasteiger partial charge in [0.05, 0.1) is 11.4 Å². The first-order chi connectivity index (χ1) is 12.9. The van der Waals surface area contributed by atoms with E-state index >= 15 is 0 Å². The minimum atomic E-state index is -3.09. The van der Waals surface area contributed by atoms with Crippen LogP contribution < -0.4 is 16.8 Å². The second kappa shape index (κ2) is 9.28. The lowest BCUT2D eigenvalue weighted by Crippen LogP contribution is -2.17. The highest BCUT2D eigenvalue weighted by atomic mass is 19.3. The number of nitrogens with one attached hydrogen (secondary N) is 1. The first kappa shape index (κ1) is 19.8. The molecule has 0 fully saturated rings. The SMILES string of the molecule is NC=C(C=NCC(F)(F)c1ccccc1)/C=C/C(=O)Nc1ccccc1N. The number of carbonyl (C=O) groups excluding carboxylic acids is 1. The number of anilines is 2. The average Bonchev–Trinajstić information content (AvgIpc) is 2.67. The van der Waals surface area contributed by atoms with Gasteiger partial charge in [-0.1, -0.05) is 42.5 Å². The Bertz CT molecular complexity index is 861. The number of nitrogen functional groups attached to an aromatic ring is 1. The second-order valence-corrected chi connectivity index (χ2v) is 5.62. The van der Waals surface area contributed by atoms with Crippen LogP contribution in [0.4, 0.5) is 20.2 Å². The van der Waals surface area contributed by atoms with Crippen molar-refractivity contribution in [1.82, 2.24) is 0 Å². The van der Waals surface area contributed by atoms with Gasteiger partial charge in [0, 0.05) is 29.6 Å². The number of rotatable bonds is 7. The lowest BCUT2D eigenvalue weighted by Gasteiger charge is -2.13. The van der Waals surface area contributed by atoms with Crippen LogP contribution in [0.25, 0.3) is 0 Å². The van der Waals surface area contributed by atoms with E-state index in [1.807, 2.05) is 0 Å². The predicted molar refractivity (Wildman–Crippen MR) is 105 cm³/mol. The molecule has 0 saturated heterocycles. The van der Waals surface area contributed by atoms with Crippen molar-refractivity contribution in [2.45, 2.75) is 5.92 Å². The normalized spacial score (nSPS) is 12.6. The molecule has 2 aromatic carbocycles. The molecular weight excluding hydrogens is 350 g/mol. The van der Waals surface area contributed by atoms with Crippen molar-refractivity contribution >= 4 is 23.5 Å². The summed E-state index contributed by atoms with van der Waals surface area (Å²) in [7, 11) is 0. The molecule has 0 bridgehead atoms. The fourth-order valence-electron chi connectivity index (χ4n) is 2.14. The molecule has 0 aromatic heterocycles. The van der Waals surface area contributed by atoms with E-state index in [9.17, 15) is 13.6 Å². The first-order valence-corrected chi connectivity index (χ1v) is 8.11. The number of halogens is 2. The quantitative estimate of drug-likeness (QED) is 0.301. The van der Waals surface area contributed by atoms with E-state index in [2.05, 4.69) is 10.3 Å². The third-order valence-corrected chi connectivity index (χ3v) is 3.56. The van der Waals surface area contributed by atoms with Crippen LogP contribution in [0.5, 0.6) is 0 Å². The molecule has 140 valence electrons. The van der Waals surface area contributed by atoms with Gasteiger partial charge in [-0.25, -0.2) is 0 Å². The maximum Gasteiger partial charge on any atom is 0.292 e. The molecule has 0 saturated carbocycles. The van der Waals surface area contributed by atoms with Crippen molar-refractivity contribution in [3.63, 3.8) is 0 Å². The molecule has 0 unspecified atom stereocenters. The van der Waals surface area contributed by atoms with Crippen LogP contribution in [-0.4, -0.2) is 18.7 Å². The van der Waals surface area contributed by atoms with E-state index < -0.39 is 18.4 Å². The minimum Gasteiger partial charge on any atom is -0.404 e. The molecule has 27 heavy (non-hydrogen) atoms. The third-order valence-electron chi connectivity index (χ3n) is 3.56. The zero-order valence-electron chi connectivity index (χ0n) is 14.5. The molecule has 0 spiro atoms. The van der Waals surface area contributed by atoms with Gasteiger partial charge < -0.3 is 16.8 Å². The highest BCUT2D eigenvalue weighted by Crippen LogP contribution is 2.27. The van der Waals surface area contributed by atoms with Gasteiger partial charge in [0.15, 0.2) is 0 Å². The summed E-state index contributed by atoms with van der Waals surface area (Å²) >= 11 is 0. The van der Waals surface area contributed by atoms with Gasteiger partial charge in [-0.2, -0.15) is 8.78 Å². The molecule has 0 radical (unpaired) electrons. The Morgan fingerprint density at radius 2 is 1.74 bits per heavy atom. The summed E-state index contributed by atoms with van der Waals surface area (Å²) in [6, 6.07) is 14.2. The lowest BCUT2D eigenvalue weighted by atomic mass is 10.1. The molecule has 2 aromatic rings. The maximum atomic E-state index is 14.0. The van der Waals surface area contributed by atoms with Gasteiger partial charge in [0.25, 0.3) is 5.92 Å². The maximum absolute atomic E-state index is 14.0. The number of benzene rings is 2. The number of allylic oxidation sites excluding steroid dienone is 2. The van der Waals surface area contributed by atoms with Crippen molar-refractivity contribution in [3.05, 3.63) is 84.1 Å². The Balaban J connectivity index is 1.95. The summed E-state index contributed by atoms with van der Waals surface area (Å²) in [5, 5.41) is 2.61. The lowest BCUT2D eigenvalue weighted by molar-refractivity contribution is -0.111. The second-order valence-electron chi connectivity index (χ2n) is 5.62. The number of nitrogens with two attached hydrogens (primary N) is 2. The van der Waals surface area contributed by atoms with Crippen LogP contribution >= 0.6 is 0 Å². The molecule has 0 heterocycles. The van der Waals surface area contributed by atoms with Crippen LogP contribution in [-0.2, 0) is 10.7 Å². The van der Waals surface area contributed by atoms with E-state index in [1.54, 1.807) is 42.5 Å². The number of alkyl halides is 2. The Hall–Kier alpha value is -3.48. The van der Waals surface area contributed by atoms with E-state index in [0.717, 1.165) is 0 Å². The van der Waals surface area contributed by atoms with E-state index in [1.165, 1.54) is 36.7 Å². The first-order valence-electron chi connectivity index (χ1n) is 8.11. The van der Waals surface area contributed by atoms with Gasteiger partial charge >= 0.3 is 0 Å². The number of nitrogens with zero attached hydrogens (tertiary/aromatic N) is 1. The molecule has 0 atom stereocenters. The van der Waals surface area contributed by atoms with Crippen molar-refractivity contribution in [1.29, 1.82) is 0 Å². The largest absolute Gasteiger partial charge is 0.404 e. The zero-order chi connectivity index (χ0) is 19.7. The number of amides is 1. The van der Waals surface area contributed by atoms with Crippen LogP contribution in [0.3, 0.4) is 0 Å². The molecule has 5 N–H and O–H groups in total. The van der Waals surface area contributed by atoms with Gasteiger partial charge in [-0.3, -0.25) is 9.79 Å². The molecular formula is C20H20F2N4O. The summed E-state index contributed by atoms with van der Waals surface area (Å²) in [6.07, 6.45) is 4.95. The Morgan fingerprint density at radius 1 is 1.07 bits per heavy atom. The molecule has 2 rings (SSSR count). The Labute approximate surface area is 156 Å². The molecule has 1 amide bonds. The average molecular weight is 370 g/mol. The highest BCUT2D eigenvalue weighted by Gasteiger charge is 2.30. The molecule has 0 aliphatic heterocycles.